The summed E-state index contributed by atoms with van der Waals surface area (Å²) < 4.78 is 11.8. The predicted molar refractivity (Wildman–Crippen MR) is 80.9 cm³/mol. The third-order valence-corrected chi connectivity index (χ3v) is 3.62. The number of esters is 1. The maximum atomic E-state index is 11.6. The average molecular weight is 342 g/mol. The summed E-state index contributed by atoms with van der Waals surface area (Å²) in [5.41, 5.74) is 2.04. The number of benzene rings is 1. The number of carbonyl (C=O) groups is 1. The van der Waals surface area contributed by atoms with Crippen LogP contribution in [-0.2, 0) is 22.5 Å². The molecule has 4 nitrogen and oxygen atoms in total. The van der Waals surface area contributed by atoms with Gasteiger partial charge >= 0.3 is 5.97 Å². The lowest BCUT2D eigenvalue weighted by molar-refractivity contribution is -0.157. The molecule has 110 valence electrons. The first-order valence-electron chi connectivity index (χ1n) is 6.72. The summed E-state index contributed by atoms with van der Waals surface area (Å²) in [6.07, 6.45) is 0.970. The number of fused-ring (bicyclic) bond motifs is 1. The van der Waals surface area contributed by atoms with Crippen molar-refractivity contribution in [3.63, 3.8) is 0 Å². The van der Waals surface area contributed by atoms with Crippen LogP contribution in [0.5, 0.6) is 5.75 Å². The van der Waals surface area contributed by atoms with Crippen molar-refractivity contribution in [2.75, 3.05) is 13.2 Å². The maximum Gasteiger partial charge on any atom is 0.344 e. The Labute approximate surface area is 128 Å². The van der Waals surface area contributed by atoms with E-state index >= 15 is 0 Å². The summed E-state index contributed by atoms with van der Waals surface area (Å²) in [5.74, 6) is 0.344. The molecule has 1 N–H and O–H groups in total. The molecule has 0 saturated heterocycles. The minimum Gasteiger partial charge on any atom is -0.482 e. The van der Waals surface area contributed by atoms with E-state index in [0.717, 1.165) is 24.0 Å². The van der Waals surface area contributed by atoms with Gasteiger partial charge in [-0.15, -0.1) is 0 Å². The van der Waals surface area contributed by atoms with E-state index in [9.17, 15) is 4.79 Å². The zero-order chi connectivity index (χ0) is 14.8. The molecular formula is C15H20BrNO3. The number of carbonyl (C=O) groups excluding carboxylic acids is 1. The van der Waals surface area contributed by atoms with E-state index in [1.54, 1.807) is 0 Å². The average Bonchev–Trinajstić information content (AvgIpc) is 2.34. The van der Waals surface area contributed by atoms with Crippen LogP contribution in [0.25, 0.3) is 0 Å². The fourth-order valence-electron chi connectivity index (χ4n) is 2.12. The van der Waals surface area contributed by atoms with E-state index in [1.807, 2.05) is 32.9 Å². The third-order valence-electron chi connectivity index (χ3n) is 2.91. The van der Waals surface area contributed by atoms with Crippen molar-refractivity contribution in [1.29, 1.82) is 0 Å². The van der Waals surface area contributed by atoms with Gasteiger partial charge in [0.25, 0.3) is 0 Å². The Kier molecular flexibility index (Phi) is 4.70. The Balaban J connectivity index is 2.00. The largest absolute Gasteiger partial charge is 0.482 e. The van der Waals surface area contributed by atoms with E-state index in [0.29, 0.717) is 5.75 Å². The van der Waals surface area contributed by atoms with Gasteiger partial charge in [-0.3, -0.25) is 0 Å². The maximum absolute atomic E-state index is 11.6. The molecule has 1 aliphatic heterocycles. The lowest BCUT2D eigenvalue weighted by Gasteiger charge is -2.21. The lowest BCUT2D eigenvalue weighted by Crippen LogP contribution is -2.27. The van der Waals surface area contributed by atoms with Crippen molar-refractivity contribution < 1.29 is 14.3 Å². The van der Waals surface area contributed by atoms with Crippen molar-refractivity contribution in [2.45, 2.75) is 39.3 Å². The topological polar surface area (TPSA) is 47.6 Å². The van der Waals surface area contributed by atoms with Crippen LogP contribution in [-0.4, -0.2) is 24.7 Å². The molecule has 1 heterocycles. The van der Waals surface area contributed by atoms with Crippen LogP contribution in [0.1, 0.15) is 31.9 Å². The van der Waals surface area contributed by atoms with E-state index < -0.39 is 5.60 Å². The molecule has 0 atom stereocenters. The van der Waals surface area contributed by atoms with Crippen molar-refractivity contribution in [3.05, 3.63) is 27.7 Å². The first-order chi connectivity index (χ1) is 9.35. The molecule has 0 fully saturated rings. The zero-order valence-corrected chi connectivity index (χ0v) is 13.7. The van der Waals surface area contributed by atoms with Crippen molar-refractivity contribution in [2.24, 2.45) is 0 Å². The molecule has 1 aromatic rings. The Morgan fingerprint density at radius 1 is 1.40 bits per heavy atom. The Morgan fingerprint density at radius 3 is 2.85 bits per heavy atom. The molecule has 1 aromatic carbocycles. The van der Waals surface area contributed by atoms with Gasteiger partial charge < -0.3 is 14.8 Å². The molecule has 0 amide bonds. The van der Waals surface area contributed by atoms with Gasteiger partial charge in [-0.25, -0.2) is 4.79 Å². The Bertz CT molecular complexity index is 509. The highest BCUT2D eigenvalue weighted by Crippen LogP contribution is 2.29. The second-order valence-electron chi connectivity index (χ2n) is 5.84. The molecule has 0 spiro atoms. The summed E-state index contributed by atoms with van der Waals surface area (Å²) in [6.45, 7) is 7.28. The highest BCUT2D eigenvalue weighted by Gasteiger charge is 2.18. The predicted octanol–water partition coefficient (Wildman–Crippen LogP) is 2.82. The van der Waals surface area contributed by atoms with Crippen LogP contribution < -0.4 is 10.1 Å². The fourth-order valence-corrected chi connectivity index (χ4v) is 2.74. The molecule has 5 heteroatoms. The number of halogens is 1. The molecule has 1 aliphatic rings. The van der Waals surface area contributed by atoms with Crippen LogP contribution >= 0.6 is 15.9 Å². The lowest BCUT2D eigenvalue weighted by atomic mass is 10.0. The molecule has 0 radical (unpaired) electrons. The molecule has 20 heavy (non-hydrogen) atoms. The van der Waals surface area contributed by atoms with Gasteiger partial charge in [0.05, 0.1) is 0 Å². The van der Waals surface area contributed by atoms with E-state index in [1.165, 1.54) is 11.1 Å². The fraction of sp³-hybridized carbons (Fsp3) is 0.533. The molecule has 0 aromatic heterocycles. The van der Waals surface area contributed by atoms with Crippen LogP contribution in [0.4, 0.5) is 0 Å². The minimum atomic E-state index is -0.484. The molecule has 0 saturated carbocycles. The zero-order valence-electron chi connectivity index (χ0n) is 12.1. The van der Waals surface area contributed by atoms with Crippen LogP contribution in [0.15, 0.2) is 16.6 Å². The van der Waals surface area contributed by atoms with E-state index in [2.05, 4.69) is 21.2 Å². The van der Waals surface area contributed by atoms with Gasteiger partial charge in [-0.1, -0.05) is 15.9 Å². The second kappa shape index (κ2) is 6.14. The number of nitrogens with one attached hydrogen (secondary N) is 1. The Hall–Kier alpha value is -1.07. The summed E-state index contributed by atoms with van der Waals surface area (Å²) >= 11 is 3.55. The van der Waals surface area contributed by atoms with Crippen LogP contribution in [0.3, 0.4) is 0 Å². The highest BCUT2D eigenvalue weighted by atomic mass is 79.9. The van der Waals surface area contributed by atoms with E-state index in [4.69, 9.17) is 9.47 Å². The van der Waals surface area contributed by atoms with Gasteiger partial charge in [-0.2, -0.15) is 0 Å². The normalized spacial score (nSPS) is 14.6. The number of ether oxygens (including phenoxy) is 2. The van der Waals surface area contributed by atoms with Crippen LogP contribution in [0, 0.1) is 0 Å². The number of hydrogen-bond acceptors (Lipinski definition) is 4. The summed E-state index contributed by atoms with van der Waals surface area (Å²) in [4.78, 5) is 11.6. The molecule has 0 aliphatic carbocycles. The van der Waals surface area contributed by atoms with Gasteiger partial charge in [-0.05, 0) is 57.0 Å². The second-order valence-corrected chi connectivity index (χ2v) is 6.70. The third kappa shape index (κ3) is 4.21. The van der Waals surface area contributed by atoms with Crippen molar-refractivity contribution in [1.82, 2.24) is 5.32 Å². The molecule has 2 rings (SSSR count). The summed E-state index contributed by atoms with van der Waals surface area (Å²) in [6, 6.07) is 3.90. The van der Waals surface area contributed by atoms with Crippen molar-refractivity contribution in [3.8, 4) is 5.75 Å². The monoisotopic (exact) mass is 341 g/mol. The molecular weight excluding hydrogens is 322 g/mol. The minimum absolute atomic E-state index is 0.0687. The number of rotatable bonds is 3. The molecule has 0 unspecified atom stereocenters. The Morgan fingerprint density at radius 2 is 2.15 bits per heavy atom. The smallest absolute Gasteiger partial charge is 0.344 e. The van der Waals surface area contributed by atoms with E-state index in [-0.39, 0.29) is 12.6 Å². The van der Waals surface area contributed by atoms with Crippen LogP contribution in [0.2, 0.25) is 0 Å². The van der Waals surface area contributed by atoms with Gasteiger partial charge in [0.1, 0.15) is 11.4 Å². The van der Waals surface area contributed by atoms with Gasteiger partial charge in [0, 0.05) is 11.0 Å². The molecule has 0 bridgehead atoms. The van der Waals surface area contributed by atoms with Gasteiger partial charge in [0.15, 0.2) is 6.61 Å². The SMILES string of the molecule is CC(C)(C)OC(=O)COc1cc(Br)c2c(c1)CCNC2. The highest BCUT2D eigenvalue weighted by molar-refractivity contribution is 9.10. The number of hydrogen-bond donors (Lipinski definition) is 1. The summed E-state index contributed by atoms with van der Waals surface area (Å²) in [7, 11) is 0. The first-order valence-corrected chi connectivity index (χ1v) is 7.51. The summed E-state index contributed by atoms with van der Waals surface area (Å²) in [5, 5.41) is 3.33. The first kappa shape index (κ1) is 15.3. The standard InChI is InChI=1S/C15H20BrNO3/c1-15(2,3)20-14(18)9-19-11-6-10-4-5-17-8-12(10)13(16)7-11/h6-7,17H,4-5,8-9H2,1-3H3. The van der Waals surface area contributed by atoms with Crippen molar-refractivity contribution >= 4 is 21.9 Å². The quantitative estimate of drug-likeness (QED) is 0.859. The van der Waals surface area contributed by atoms with Gasteiger partial charge in [0.2, 0.25) is 0 Å².